The number of hydrogen-bond donors (Lipinski definition) is 3. The van der Waals surface area contributed by atoms with Crippen LogP contribution in [0.15, 0.2) is 48.5 Å². The molecule has 3 N–H and O–H groups in total. The van der Waals surface area contributed by atoms with Gasteiger partial charge in [-0.2, -0.15) is 0 Å². The summed E-state index contributed by atoms with van der Waals surface area (Å²) in [4.78, 5) is 35.4. The summed E-state index contributed by atoms with van der Waals surface area (Å²) in [5, 5.41) is 14.6. The molecule has 31 heavy (non-hydrogen) atoms. The van der Waals surface area contributed by atoms with Gasteiger partial charge in [0.2, 0.25) is 0 Å². The van der Waals surface area contributed by atoms with Gasteiger partial charge in [0.25, 0.3) is 11.8 Å². The average Bonchev–Trinajstić information content (AvgIpc) is 2.78. The summed E-state index contributed by atoms with van der Waals surface area (Å²) in [6.07, 6.45) is 2.69. The fourth-order valence-electron chi connectivity index (χ4n) is 3.57. The highest BCUT2D eigenvalue weighted by atomic mass is 16.5. The van der Waals surface area contributed by atoms with E-state index in [0.717, 1.165) is 5.56 Å². The second-order valence-corrected chi connectivity index (χ2v) is 7.83. The lowest BCUT2D eigenvalue weighted by molar-refractivity contribution is -0.143. The second kappa shape index (κ2) is 10.6. The summed E-state index contributed by atoms with van der Waals surface area (Å²) in [7, 11) is 0. The van der Waals surface area contributed by atoms with Crippen LogP contribution in [-0.4, -0.2) is 42.1 Å². The van der Waals surface area contributed by atoms with E-state index in [0.29, 0.717) is 55.6 Å². The quantitative estimate of drug-likeness (QED) is 0.565. The number of aliphatic carboxylic acids is 1. The van der Waals surface area contributed by atoms with Crippen LogP contribution < -0.4 is 15.4 Å². The minimum Gasteiger partial charge on any atom is -0.490 e. The third-order valence-electron chi connectivity index (χ3n) is 5.45. The van der Waals surface area contributed by atoms with Crippen LogP contribution in [0.1, 0.15) is 52.0 Å². The van der Waals surface area contributed by atoms with E-state index >= 15 is 0 Å². The van der Waals surface area contributed by atoms with Gasteiger partial charge in [-0.15, -0.1) is 0 Å². The molecule has 7 nitrogen and oxygen atoms in total. The Morgan fingerprint density at radius 3 is 1.81 bits per heavy atom. The van der Waals surface area contributed by atoms with Gasteiger partial charge in [0.1, 0.15) is 5.75 Å². The van der Waals surface area contributed by atoms with E-state index in [4.69, 9.17) is 9.84 Å². The number of carbonyl (C=O) groups excluding carboxylic acids is 2. The summed E-state index contributed by atoms with van der Waals surface area (Å²) in [6.45, 7) is 2.61. The average molecular weight is 424 g/mol. The maximum atomic E-state index is 12.3. The van der Waals surface area contributed by atoms with Crippen LogP contribution in [0.2, 0.25) is 0 Å². The van der Waals surface area contributed by atoms with Gasteiger partial charge in [-0.25, -0.2) is 0 Å². The molecule has 0 radical (unpaired) electrons. The van der Waals surface area contributed by atoms with Crippen LogP contribution in [0.4, 0.5) is 0 Å². The summed E-state index contributed by atoms with van der Waals surface area (Å²) in [5.41, 5.74) is 2.18. The van der Waals surface area contributed by atoms with E-state index in [9.17, 15) is 14.4 Å². The fraction of sp³-hybridized carbons (Fsp3) is 0.375. The number of rotatable bonds is 8. The van der Waals surface area contributed by atoms with Crippen molar-refractivity contribution < 1.29 is 24.2 Å². The van der Waals surface area contributed by atoms with Crippen molar-refractivity contribution in [3.8, 4) is 5.75 Å². The Kier molecular flexibility index (Phi) is 7.65. The lowest BCUT2D eigenvalue weighted by Gasteiger charge is -2.26. The van der Waals surface area contributed by atoms with Crippen LogP contribution in [0.25, 0.3) is 0 Å². The SMILES string of the molecule is Cc1ccc(C(=O)NCCNC(=O)c2ccc(OC3CCC(C(=O)O)CC3)cc2)cc1. The Labute approximate surface area is 181 Å². The molecule has 0 bridgehead atoms. The van der Waals surface area contributed by atoms with Crippen LogP contribution in [0.3, 0.4) is 0 Å². The highest BCUT2D eigenvalue weighted by Crippen LogP contribution is 2.28. The number of ether oxygens (including phenoxy) is 1. The van der Waals surface area contributed by atoms with E-state index in [-0.39, 0.29) is 23.8 Å². The van der Waals surface area contributed by atoms with Gasteiger partial charge in [0.05, 0.1) is 12.0 Å². The van der Waals surface area contributed by atoms with Crippen molar-refractivity contribution in [1.82, 2.24) is 10.6 Å². The van der Waals surface area contributed by atoms with Gasteiger partial charge in [0.15, 0.2) is 0 Å². The second-order valence-electron chi connectivity index (χ2n) is 7.83. The van der Waals surface area contributed by atoms with E-state index < -0.39 is 5.97 Å². The highest BCUT2D eigenvalue weighted by Gasteiger charge is 2.26. The van der Waals surface area contributed by atoms with Crippen molar-refractivity contribution in [3.05, 3.63) is 65.2 Å². The molecule has 164 valence electrons. The molecule has 1 aliphatic carbocycles. The summed E-state index contributed by atoms with van der Waals surface area (Å²) in [5.74, 6) is -0.733. The van der Waals surface area contributed by atoms with Crippen LogP contribution in [0.5, 0.6) is 5.75 Å². The molecule has 0 spiro atoms. The van der Waals surface area contributed by atoms with Crippen molar-refractivity contribution in [1.29, 1.82) is 0 Å². The molecule has 1 saturated carbocycles. The van der Waals surface area contributed by atoms with Gasteiger partial charge in [-0.3, -0.25) is 14.4 Å². The zero-order valence-corrected chi connectivity index (χ0v) is 17.6. The number of aryl methyl sites for hydroxylation is 1. The number of nitrogens with one attached hydrogen (secondary N) is 2. The van der Waals surface area contributed by atoms with Crippen LogP contribution in [-0.2, 0) is 4.79 Å². The first-order chi connectivity index (χ1) is 14.9. The smallest absolute Gasteiger partial charge is 0.306 e. The number of carbonyl (C=O) groups is 3. The molecular weight excluding hydrogens is 396 g/mol. The Morgan fingerprint density at radius 1 is 0.839 bits per heavy atom. The summed E-state index contributed by atoms with van der Waals surface area (Å²) in [6, 6.07) is 14.2. The van der Waals surface area contributed by atoms with Gasteiger partial charge in [0, 0.05) is 24.2 Å². The number of carboxylic acid groups (broad SMARTS) is 1. The van der Waals surface area contributed by atoms with Gasteiger partial charge in [-0.05, 0) is 69.0 Å². The predicted molar refractivity (Wildman–Crippen MR) is 116 cm³/mol. The van der Waals surface area contributed by atoms with E-state index in [1.54, 1.807) is 36.4 Å². The lowest BCUT2D eigenvalue weighted by Crippen LogP contribution is -2.34. The Bertz CT molecular complexity index is 901. The Hall–Kier alpha value is -3.35. The van der Waals surface area contributed by atoms with E-state index in [2.05, 4.69) is 10.6 Å². The molecular formula is C24H28N2O5. The molecule has 3 rings (SSSR count). The van der Waals surface area contributed by atoms with Crippen molar-refractivity contribution in [2.24, 2.45) is 5.92 Å². The molecule has 0 saturated heterocycles. The first kappa shape index (κ1) is 22.3. The minimum absolute atomic E-state index is 0.00687. The predicted octanol–water partition coefficient (Wildman–Crippen LogP) is 3.18. The molecule has 1 fully saturated rings. The molecule has 0 aliphatic heterocycles. The third-order valence-corrected chi connectivity index (χ3v) is 5.45. The highest BCUT2D eigenvalue weighted by molar-refractivity contribution is 5.95. The Balaban J connectivity index is 1.38. The van der Waals surface area contributed by atoms with Crippen molar-refractivity contribution >= 4 is 17.8 Å². The standard InChI is InChI=1S/C24H28N2O5/c1-16-2-4-17(5-3-16)22(27)25-14-15-26-23(28)18-6-10-20(11-7-18)31-21-12-8-19(9-13-21)24(29)30/h2-7,10-11,19,21H,8-9,12-15H2,1H3,(H,25,27)(H,26,28)(H,29,30). The van der Waals surface area contributed by atoms with Gasteiger partial charge in [-0.1, -0.05) is 17.7 Å². The monoisotopic (exact) mass is 424 g/mol. The van der Waals surface area contributed by atoms with Crippen LogP contribution >= 0.6 is 0 Å². The molecule has 1 aliphatic rings. The van der Waals surface area contributed by atoms with Crippen LogP contribution in [0, 0.1) is 12.8 Å². The maximum absolute atomic E-state index is 12.3. The maximum Gasteiger partial charge on any atom is 0.306 e. The topological polar surface area (TPSA) is 105 Å². The molecule has 0 heterocycles. The number of carboxylic acids is 1. The molecule has 7 heteroatoms. The fourth-order valence-corrected chi connectivity index (χ4v) is 3.57. The number of benzene rings is 2. The molecule has 0 atom stereocenters. The Morgan fingerprint density at radius 2 is 1.32 bits per heavy atom. The van der Waals surface area contributed by atoms with Gasteiger partial charge < -0.3 is 20.5 Å². The third kappa shape index (κ3) is 6.57. The number of hydrogen-bond acceptors (Lipinski definition) is 4. The zero-order valence-electron chi connectivity index (χ0n) is 17.6. The largest absolute Gasteiger partial charge is 0.490 e. The van der Waals surface area contributed by atoms with Gasteiger partial charge >= 0.3 is 5.97 Å². The molecule has 0 unspecified atom stereocenters. The number of amides is 2. The van der Waals surface area contributed by atoms with E-state index in [1.807, 2.05) is 19.1 Å². The lowest BCUT2D eigenvalue weighted by atomic mass is 9.87. The normalized spacial score (nSPS) is 18.1. The zero-order chi connectivity index (χ0) is 22.2. The molecule has 2 aromatic carbocycles. The summed E-state index contributed by atoms with van der Waals surface area (Å²) >= 11 is 0. The molecule has 2 aromatic rings. The first-order valence-electron chi connectivity index (χ1n) is 10.5. The first-order valence-corrected chi connectivity index (χ1v) is 10.5. The molecule has 2 amide bonds. The van der Waals surface area contributed by atoms with Crippen molar-refractivity contribution in [3.63, 3.8) is 0 Å². The minimum atomic E-state index is -0.733. The van der Waals surface area contributed by atoms with Crippen molar-refractivity contribution in [2.75, 3.05) is 13.1 Å². The van der Waals surface area contributed by atoms with Crippen molar-refractivity contribution in [2.45, 2.75) is 38.7 Å². The molecule has 0 aromatic heterocycles. The summed E-state index contributed by atoms with van der Waals surface area (Å²) < 4.78 is 5.92. The van der Waals surface area contributed by atoms with E-state index in [1.165, 1.54) is 0 Å².